The van der Waals surface area contributed by atoms with E-state index in [2.05, 4.69) is 6.92 Å². The minimum atomic E-state index is 0.178. The molecule has 2 aliphatic heterocycles. The molecule has 5 nitrogen and oxygen atoms in total. The molecule has 1 aromatic carbocycles. The normalized spacial score (nSPS) is 18.6. The van der Waals surface area contributed by atoms with E-state index in [0.29, 0.717) is 6.54 Å². The number of ether oxygens (including phenoxy) is 2. The van der Waals surface area contributed by atoms with Gasteiger partial charge in [0.05, 0.1) is 14.2 Å². The average molecular weight is 318 g/mol. The molecule has 2 aliphatic rings. The van der Waals surface area contributed by atoms with Crippen molar-refractivity contribution in [2.24, 2.45) is 5.92 Å². The summed E-state index contributed by atoms with van der Waals surface area (Å²) in [6, 6.07) is 4.22. The van der Waals surface area contributed by atoms with Gasteiger partial charge in [0.25, 0.3) is 0 Å². The van der Waals surface area contributed by atoms with Crippen LogP contribution < -0.4 is 9.47 Å². The van der Waals surface area contributed by atoms with Gasteiger partial charge in [-0.15, -0.1) is 0 Å². The third kappa shape index (κ3) is 3.23. The zero-order valence-electron chi connectivity index (χ0n) is 14.3. The molecule has 5 heteroatoms. The summed E-state index contributed by atoms with van der Waals surface area (Å²) in [6.45, 7) is 5.46. The van der Waals surface area contributed by atoms with Crippen LogP contribution in [0, 0.1) is 5.92 Å². The fourth-order valence-electron chi connectivity index (χ4n) is 3.45. The van der Waals surface area contributed by atoms with Gasteiger partial charge in [-0.1, -0.05) is 6.92 Å². The minimum Gasteiger partial charge on any atom is -0.493 e. The summed E-state index contributed by atoms with van der Waals surface area (Å²) in [4.78, 5) is 16.7. The molecule has 2 amide bonds. The first-order valence-electron chi connectivity index (χ1n) is 8.40. The smallest absolute Gasteiger partial charge is 0.320 e. The van der Waals surface area contributed by atoms with Crippen molar-refractivity contribution in [1.82, 2.24) is 9.80 Å². The summed E-state index contributed by atoms with van der Waals surface area (Å²) in [5.41, 5.74) is 2.41. The van der Waals surface area contributed by atoms with Gasteiger partial charge in [-0.25, -0.2) is 4.79 Å². The molecule has 0 bridgehead atoms. The van der Waals surface area contributed by atoms with Gasteiger partial charge in [-0.2, -0.15) is 0 Å². The van der Waals surface area contributed by atoms with Crippen molar-refractivity contribution >= 4 is 6.03 Å². The molecule has 0 N–H and O–H groups in total. The molecule has 1 saturated heterocycles. The number of rotatable bonds is 2. The van der Waals surface area contributed by atoms with E-state index in [1.807, 2.05) is 21.9 Å². The monoisotopic (exact) mass is 318 g/mol. The predicted octanol–water partition coefficient (Wildman–Crippen LogP) is 2.91. The maximum Gasteiger partial charge on any atom is 0.320 e. The van der Waals surface area contributed by atoms with Gasteiger partial charge in [-0.3, -0.25) is 0 Å². The topological polar surface area (TPSA) is 42.0 Å². The first-order chi connectivity index (χ1) is 11.1. The number of benzene rings is 1. The minimum absolute atomic E-state index is 0.178. The zero-order valence-corrected chi connectivity index (χ0v) is 14.3. The maximum absolute atomic E-state index is 12.7. The summed E-state index contributed by atoms with van der Waals surface area (Å²) in [7, 11) is 3.30. The van der Waals surface area contributed by atoms with Crippen LogP contribution in [0.3, 0.4) is 0 Å². The Bertz CT molecular complexity index is 580. The highest BCUT2D eigenvalue weighted by Crippen LogP contribution is 2.33. The first-order valence-corrected chi connectivity index (χ1v) is 8.40. The molecule has 0 unspecified atom stereocenters. The lowest BCUT2D eigenvalue weighted by Gasteiger charge is -2.37. The Morgan fingerprint density at radius 3 is 2.22 bits per heavy atom. The lowest BCUT2D eigenvalue weighted by molar-refractivity contribution is 0.130. The van der Waals surface area contributed by atoms with Gasteiger partial charge in [-0.05, 0) is 48.4 Å². The van der Waals surface area contributed by atoms with E-state index in [1.165, 1.54) is 5.56 Å². The number of urea groups is 1. The number of hydrogen-bond acceptors (Lipinski definition) is 3. The van der Waals surface area contributed by atoms with Crippen LogP contribution in [0.2, 0.25) is 0 Å². The third-order valence-corrected chi connectivity index (χ3v) is 5.04. The van der Waals surface area contributed by atoms with Crippen molar-refractivity contribution in [2.75, 3.05) is 33.9 Å². The Balaban J connectivity index is 1.73. The summed E-state index contributed by atoms with van der Waals surface area (Å²) in [5, 5.41) is 0. The van der Waals surface area contributed by atoms with Gasteiger partial charge >= 0.3 is 6.03 Å². The number of methoxy groups -OCH3 is 2. The molecule has 0 radical (unpaired) electrons. The second kappa shape index (κ2) is 6.69. The highest BCUT2D eigenvalue weighted by Gasteiger charge is 2.28. The molecular weight excluding hydrogens is 292 g/mol. The number of hydrogen-bond donors (Lipinski definition) is 0. The van der Waals surface area contributed by atoms with Gasteiger partial charge < -0.3 is 19.3 Å². The van der Waals surface area contributed by atoms with Crippen LogP contribution in [-0.4, -0.2) is 49.7 Å². The molecule has 0 aliphatic carbocycles. The molecule has 0 spiro atoms. The standard InChI is InChI=1S/C18H26N2O3/c1-13-4-7-19(8-5-13)18(21)20-9-6-14-10-16(22-2)17(23-3)11-15(14)12-20/h10-11,13H,4-9,12H2,1-3H3. The van der Waals surface area contributed by atoms with E-state index < -0.39 is 0 Å². The van der Waals surface area contributed by atoms with E-state index in [4.69, 9.17) is 9.47 Å². The van der Waals surface area contributed by atoms with Crippen LogP contribution >= 0.6 is 0 Å². The van der Waals surface area contributed by atoms with Gasteiger partial charge in [0.15, 0.2) is 11.5 Å². The summed E-state index contributed by atoms with van der Waals surface area (Å²) in [6.07, 6.45) is 3.09. The quantitative estimate of drug-likeness (QED) is 0.842. The Morgan fingerprint density at radius 2 is 1.61 bits per heavy atom. The molecule has 1 fully saturated rings. The van der Waals surface area contributed by atoms with Crippen molar-refractivity contribution in [3.63, 3.8) is 0 Å². The van der Waals surface area contributed by atoms with Crippen molar-refractivity contribution in [1.29, 1.82) is 0 Å². The number of amides is 2. The number of nitrogens with zero attached hydrogens (tertiary/aromatic N) is 2. The molecule has 0 atom stereocenters. The molecule has 126 valence electrons. The lowest BCUT2D eigenvalue weighted by Crippen LogP contribution is -2.48. The Hall–Kier alpha value is -1.91. The van der Waals surface area contributed by atoms with Crippen LogP contribution in [0.15, 0.2) is 12.1 Å². The molecule has 0 saturated carbocycles. The van der Waals surface area contributed by atoms with Gasteiger partial charge in [0.2, 0.25) is 0 Å². The number of piperidine rings is 1. The molecule has 23 heavy (non-hydrogen) atoms. The SMILES string of the molecule is COc1cc2c(cc1OC)CN(C(=O)N1CCC(C)CC1)CC2. The van der Waals surface area contributed by atoms with Crippen molar-refractivity contribution in [3.05, 3.63) is 23.3 Å². The number of carbonyl (C=O) groups excluding carboxylic acids is 1. The molecule has 2 heterocycles. The highest BCUT2D eigenvalue weighted by molar-refractivity contribution is 5.75. The molecule has 0 aromatic heterocycles. The van der Waals surface area contributed by atoms with Crippen LogP contribution in [0.25, 0.3) is 0 Å². The highest BCUT2D eigenvalue weighted by atomic mass is 16.5. The predicted molar refractivity (Wildman–Crippen MR) is 89.0 cm³/mol. The lowest BCUT2D eigenvalue weighted by atomic mass is 9.98. The molecular formula is C18H26N2O3. The third-order valence-electron chi connectivity index (χ3n) is 5.04. The molecule has 1 aromatic rings. The van der Waals surface area contributed by atoms with E-state index in [1.54, 1.807) is 14.2 Å². The second-order valence-corrected chi connectivity index (χ2v) is 6.60. The van der Waals surface area contributed by atoms with E-state index in [9.17, 15) is 4.79 Å². The van der Waals surface area contributed by atoms with E-state index in [0.717, 1.165) is 61.9 Å². The van der Waals surface area contributed by atoms with Crippen molar-refractivity contribution < 1.29 is 14.3 Å². The van der Waals surface area contributed by atoms with E-state index in [-0.39, 0.29) is 6.03 Å². The van der Waals surface area contributed by atoms with E-state index >= 15 is 0 Å². The van der Waals surface area contributed by atoms with Gasteiger partial charge in [0.1, 0.15) is 0 Å². The van der Waals surface area contributed by atoms with Crippen LogP contribution in [0.4, 0.5) is 4.79 Å². The summed E-state index contributed by atoms with van der Waals surface area (Å²) < 4.78 is 10.8. The number of carbonyl (C=O) groups is 1. The average Bonchev–Trinajstić information content (AvgIpc) is 2.60. The van der Waals surface area contributed by atoms with Crippen molar-refractivity contribution in [3.8, 4) is 11.5 Å². The first kappa shape index (κ1) is 16.0. The van der Waals surface area contributed by atoms with Crippen LogP contribution in [-0.2, 0) is 13.0 Å². The largest absolute Gasteiger partial charge is 0.493 e. The summed E-state index contributed by atoms with van der Waals surface area (Å²) in [5.74, 6) is 2.22. The van der Waals surface area contributed by atoms with Crippen molar-refractivity contribution in [2.45, 2.75) is 32.7 Å². The van der Waals surface area contributed by atoms with Crippen LogP contribution in [0.1, 0.15) is 30.9 Å². The van der Waals surface area contributed by atoms with Gasteiger partial charge in [0, 0.05) is 26.2 Å². The Morgan fingerprint density at radius 1 is 1.00 bits per heavy atom. The molecule has 3 rings (SSSR count). The second-order valence-electron chi connectivity index (χ2n) is 6.60. The summed E-state index contributed by atoms with van der Waals surface area (Å²) >= 11 is 0. The zero-order chi connectivity index (χ0) is 16.4. The number of likely N-dealkylation sites (tertiary alicyclic amines) is 1. The Kier molecular flexibility index (Phi) is 4.64. The maximum atomic E-state index is 12.7. The van der Waals surface area contributed by atoms with Crippen LogP contribution in [0.5, 0.6) is 11.5 Å². The Labute approximate surface area is 138 Å². The fourth-order valence-corrected chi connectivity index (χ4v) is 3.45. The fraction of sp³-hybridized carbons (Fsp3) is 0.611. The number of fused-ring (bicyclic) bond motifs is 1.